The van der Waals surface area contributed by atoms with Crippen LogP contribution in [0, 0.1) is 5.92 Å². The monoisotopic (exact) mass is 196 g/mol. The number of ether oxygens (including phenoxy) is 1. The zero-order chi connectivity index (χ0) is 9.47. The van der Waals surface area contributed by atoms with Gasteiger partial charge in [0.05, 0.1) is 12.0 Å². The molecule has 1 fully saturated rings. The summed E-state index contributed by atoms with van der Waals surface area (Å²) in [5.41, 5.74) is 1.70. The van der Waals surface area contributed by atoms with E-state index in [1.165, 1.54) is 31.1 Å². The van der Waals surface area contributed by atoms with Crippen molar-refractivity contribution >= 4 is 8.07 Å². The van der Waals surface area contributed by atoms with Crippen molar-refractivity contribution in [3.63, 3.8) is 0 Å². The lowest BCUT2D eigenvalue weighted by Crippen LogP contribution is -2.25. The largest absolute Gasteiger partial charge is 0.502 e. The minimum absolute atomic E-state index is 0.801. The predicted molar refractivity (Wildman–Crippen MR) is 58.3 cm³/mol. The molecule has 13 heavy (non-hydrogen) atoms. The van der Waals surface area contributed by atoms with E-state index in [1.807, 2.05) is 0 Å². The fourth-order valence-electron chi connectivity index (χ4n) is 2.54. The first kappa shape index (κ1) is 9.32. The van der Waals surface area contributed by atoms with Gasteiger partial charge < -0.3 is 4.74 Å². The van der Waals surface area contributed by atoms with E-state index in [0.29, 0.717) is 0 Å². The Balaban J connectivity index is 2.26. The van der Waals surface area contributed by atoms with Crippen LogP contribution in [-0.2, 0) is 4.74 Å². The number of rotatable bonds is 1. The van der Waals surface area contributed by atoms with Crippen molar-refractivity contribution < 1.29 is 4.74 Å². The Hall–Kier alpha value is -0.243. The Morgan fingerprint density at radius 1 is 1.23 bits per heavy atom. The molecule has 0 saturated heterocycles. The van der Waals surface area contributed by atoms with E-state index in [9.17, 15) is 0 Å². The van der Waals surface area contributed by atoms with Crippen LogP contribution in [0.1, 0.15) is 25.7 Å². The van der Waals surface area contributed by atoms with Crippen LogP contribution in [0.4, 0.5) is 0 Å². The Morgan fingerprint density at radius 3 is 2.69 bits per heavy atom. The SMILES string of the molecule is C[Si](C)(C)C1=C2CCCCC2CO1. The van der Waals surface area contributed by atoms with E-state index >= 15 is 0 Å². The third-order valence-corrected chi connectivity index (χ3v) is 4.97. The average Bonchev–Trinajstić information content (AvgIpc) is 2.45. The Bertz CT molecular complexity index is 237. The summed E-state index contributed by atoms with van der Waals surface area (Å²) in [7, 11) is -1.17. The lowest BCUT2D eigenvalue weighted by atomic mass is 9.87. The van der Waals surface area contributed by atoms with Gasteiger partial charge in [-0.3, -0.25) is 0 Å². The van der Waals surface area contributed by atoms with Crippen molar-refractivity contribution in [3.8, 4) is 0 Å². The first-order valence-electron chi connectivity index (χ1n) is 5.45. The first-order valence-corrected chi connectivity index (χ1v) is 8.95. The minimum atomic E-state index is -1.17. The van der Waals surface area contributed by atoms with Crippen LogP contribution < -0.4 is 0 Å². The minimum Gasteiger partial charge on any atom is -0.502 e. The standard InChI is InChI=1S/C11H20OSi/c1-13(2,3)11-10-7-5-4-6-9(10)8-12-11/h9H,4-8H2,1-3H3. The van der Waals surface area contributed by atoms with Crippen molar-refractivity contribution in [3.05, 3.63) is 11.0 Å². The molecule has 0 bridgehead atoms. The van der Waals surface area contributed by atoms with Crippen molar-refractivity contribution in [2.45, 2.75) is 45.3 Å². The molecule has 1 aliphatic carbocycles. The maximum absolute atomic E-state index is 5.91. The third-order valence-electron chi connectivity index (χ3n) is 3.14. The molecular weight excluding hydrogens is 176 g/mol. The summed E-state index contributed by atoms with van der Waals surface area (Å²) in [4.78, 5) is 0. The van der Waals surface area contributed by atoms with Gasteiger partial charge in [-0.15, -0.1) is 0 Å². The van der Waals surface area contributed by atoms with E-state index in [2.05, 4.69) is 19.6 Å². The quantitative estimate of drug-likeness (QED) is 0.584. The molecule has 1 unspecified atom stereocenters. The zero-order valence-corrected chi connectivity index (χ0v) is 10.0. The third kappa shape index (κ3) is 1.69. The van der Waals surface area contributed by atoms with Crippen LogP contribution in [0.5, 0.6) is 0 Å². The molecule has 0 N–H and O–H groups in total. The van der Waals surface area contributed by atoms with E-state index in [0.717, 1.165) is 12.5 Å². The normalized spacial score (nSPS) is 28.7. The molecule has 1 nitrogen and oxygen atoms in total. The molecule has 2 rings (SSSR count). The lowest BCUT2D eigenvalue weighted by Gasteiger charge is -2.22. The van der Waals surface area contributed by atoms with Crippen molar-refractivity contribution in [2.24, 2.45) is 5.92 Å². The van der Waals surface area contributed by atoms with Crippen LogP contribution in [0.25, 0.3) is 0 Å². The highest BCUT2D eigenvalue weighted by Crippen LogP contribution is 2.40. The fourth-order valence-corrected chi connectivity index (χ4v) is 4.35. The molecule has 1 heterocycles. The summed E-state index contributed by atoms with van der Waals surface area (Å²) in [6.07, 6.45) is 5.51. The molecule has 0 aromatic heterocycles. The highest BCUT2D eigenvalue weighted by Gasteiger charge is 2.35. The molecule has 0 amide bonds. The number of fused-ring (bicyclic) bond motifs is 1. The maximum atomic E-state index is 5.91. The van der Waals surface area contributed by atoms with Gasteiger partial charge in [0.25, 0.3) is 0 Å². The van der Waals surface area contributed by atoms with E-state index in [-0.39, 0.29) is 0 Å². The van der Waals surface area contributed by atoms with Crippen molar-refractivity contribution in [2.75, 3.05) is 6.61 Å². The van der Waals surface area contributed by atoms with Crippen LogP contribution in [0.15, 0.2) is 11.0 Å². The van der Waals surface area contributed by atoms with Gasteiger partial charge in [-0.1, -0.05) is 26.1 Å². The Kier molecular flexibility index (Phi) is 2.26. The fraction of sp³-hybridized carbons (Fsp3) is 0.818. The smallest absolute Gasteiger partial charge is 0.122 e. The second kappa shape index (κ2) is 3.16. The van der Waals surface area contributed by atoms with Gasteiger partial charge in [0.1, 0.15) is 8.07 Å². The lowest BCUT2D eigenvalue weighted by molar-refractivity contribution is 0.226. The van der Waals surface area contributed by atoms with Crippen molar-refractivity contribution in [1.29, 1.82) is 0 Å². The van der Waals surface area contributed by atoms with Gasteiger partial charge in [0.2, 0.25) is 0 Å². The van der Waals surface area contributed by atoms with E-state index < -0.39 is 8.07 Å². The summed E-state index contributed by atoms with van der Waals surface area (Å²) in [6, 6.07) is 0. The molecular formula is C11H20OSi. The predicted octanol–water partition coefficient (Wildman–Crippen LogP) is 3.34. The van der Waals surface area contributed by atoms with Gasteiger partial charge in [-0.05, 0) is 24.8 Å². The second-order valence-corrected chi connectivity index (χ2v) is 10.3. The Labute approximate surface area is 82.2 Å². The molecule has 74 valence electrons. The topological polar surface area (TPSA) is 9.23 Å². The molecule has 0 aromatic carbocycles. The van der Waals surface area contributed by atoms with Crippen LogP contribution in [-0.4, -0.2) is 14.7 Å². The zero-order valence-electron chi connectivity index (χ0n) is 9.02. The summed E-state index contributed by atoms with van der Waals surface area (Å²) >= 11 is 0. The van der Waals surface area contributed by atoms with Gasteiger partial charge in [-0.2, -0.15) is 0 Å². The average molecular weight is 196 g/mol. The summed E-state index contributed by atoms with van der Waals surface area (Å²) in [5, 5.41) is 1.44. The summed E-state index contributed by atoms with van der Waals surface area (Å²) in [5.74, 6) is 0.801. The summed E-state index contributed by atoms with van der Waals surface area (Å²) in [6.45, 7) is 8.18. The van der Waals surface area contributed by atoms with Crippen LogP contribution in [0.3, 0.4) is 0 Å². The molecule has 2 heteroatoms. The second-order valence-electron chi connectivity index (χ2n) is 5.36. The molecule has 1 saturated carbocycles. The van der Waals surface area contributed by atoms with Gasteiger partial charge in [-0.25, -0.2) is 0 Å². The number of hydrogen-bond donors (Lipinski definition) is 0. The Morgan fingerprint density at radius 2 is 2.00 bits per heavy atom. The maximum Gasteiger partial charge on any atom is 0.122 e. The molecule has 1 aliphatic heterocycles. The number of hydrogen-bond acceptors (Lipinski definition) is 1. The first-order chi connectivity index (χ1) is 6.09. The summed E-state index contributed by atoms with van der Waals surface area (Å²) < 4.78 is 5.91. The van der Waals surface area contributed by atoms with Gasteiger partial charge >= 0.3 is 0 Å². The molecule has 0 radical (unpaired) electrons. The van der Waals surface area contributed by atoms with E-state index in [4.69, 9.17) is 4.74 Å². The molecule has 2 aliphatic rings. The van der Waals surface area contributed by atoms with E-state index in [1.54, 1.807) is 5.57 Å². The molecule has 1 atom stereocenters. The van der Waals surface area contributed by atoms with Gasteiger partial charge in [0, 0.05) is 5.92 Å². The van der Waals surface area contributed by atoms with Gasteiger partial charge in [0.15, 0.2) is 0 Å². The molecule has 0 spiro atoms. The molecule has 0 aromatic rings. The highest BCUT2D eigenvalue weighted by atomic mass is 28.3. The highest BCUT2D eigenvalue weighted by molar-refractivity contribution is 6.82. The van der Waals surface area contributed by atoms with Crippen LogP contribution in [0.2, 0.25) is 19.6 Å². The van der Waals surface area contributed by atoms with Crippen molar-refractivity contribution in [1.82, 2.24) is 0 Å². The van der Waals surface area contributed by atoms with Crippen LogP contribution >= 0.6 is 0 Å².